The highest BCUT2D eigenvalue weighted by Gasteiger charge is 2.36. The molecule has 1 aliphatic carbocycles. The van der Waals surface area contributed by atoms with E-state index in [0.29, 0.717) is 0 Å². The van der Waals surface area contributed by atoms with Crippen LogP contribution >= 0.6 is 12.8 Å². The number of hydrogen-bond donors (Lipinski definition) is 1. The summed E-state index contributed by atoms with van der Waals surface area (Å²) in [5, 5.41) is 0. The average molecular weight is 199 g/mol. The van der Waals surface area contributed by atoms with E-state index in [4.69, 9.17) is 0 Å². The Morgan fingerprint density at radius 2 is 1.62 bits per heavy atom. The molecule has 0 N–H and O–H groups in total. The van der Waals surface area contributed by atoms with E-state index < -0.39 is 0 Å². The number of piperidine rings is 1. The number of thiol groups is 1. The van der Waals surface area contributed by atoms with Crippen molar-refractivity contribution in [3.63, 3.8) is 0 Å². The molecule has 2 rings (SSSR count). The molecule has 76 valence electrons. The first-order valence-electron chi connectivity index (χ1n) is 5.64. The van der Waals surface area contributed by atoms with Crippen molar-refractivity contribution in [1.29, 1.82) is 0 Å². The summed E-state index contributed by atoms with van der Waals surface area (Å²) in [6.07, 6.45) is 8.68. The van der Waals surface area contributed by atoms with Crippen LogP contribution in [0.1, 0.15) is 45.4 Å². The second-order valence-electron chi connectivity index (χ2n) is 5.14. The van der Waals surface area contributed by atoms with E-state index >= 15 is 0 Å². The van der Waals surface area contributed by atoms with E-state index in [0.717, 1.165) is 11.3 Å². The highest BCUT2D eigenvalue weighted by atomic mass is 32.1. The highest BCUT2D eigenvalue weighted by Crippen LogP contribution is 2.46. The zero-order valence-corrected chi connectivity index (χ0v) is 9.52. The Morgan fingerprint density at radius 1 is 1.08 bits per heavy atom. The van der Waals surface area contributed by atoms with Gasteiger partial charge in [-0.2, -0.15) is 0 Å². The molecule has 0 aromatic heterocycles. The topological polar surface area (TPSA) is 3.24 Å². The minimum absolute atomic E-state index is 0.728. The van der Waals surface area contributed by atoms with Gasteiger partial charge in [0.05, 0.1) is 0 Å². The molecular formula is C11H21NS. The van der Waals surface area contributed by atoms with Gasteiger partial charge >= 0.3 is 0 Å². The fraction of sp³-hybridized carbons (Fsp3) is 1.00. The average Bonchev–Trinajstić information content (AvgIpc) is 2.16. The second kappa shape index (κ2) is 3.82. The first-order valence-corrected chi connectivity index (χ1v) is 6.04. The zero-order chi connectivity index (χ0) is 9.31. The summed E-state index contributed by atoms with van der Waals surface area (Å²) in [7, 11) is 0. The molecule has 0 aromatic carbocycles. The Morgan fingerprint density at radius 3 is 2.15 bits per heavy atom. The van der Waals surface area contributed by atoms with Gasteiger partial charge in [0.25, 0.3) is 0 Å². The Bertz CT molecular complexity index is 141. The van der Waals surface area contributed by atoms with E-state index in [1.807, 2.05) is 0 Å². The summed E-state index contributed by atoms with van der Waals surface area (Å²) in [5.74, 6) is 0.986. The third-order valence-corrected chi connectivity index (χ3v) is 4.54. The second-order valence-corrected chi connectivity index (χ2v) is 5.70. The summed E-state index contributed by atoms with van der Waals surface area (Å²) >= 11 is 4.42. The molecule has 1 saturated carbocycles. The molecule has 2 fully saturated rings. The summed E-state index contributed by atoms with van der Waals surface area (Å²) in [6, 6.07) is 0. The van der Waals surface area contributed by atoms with Crippen LogP contribution in [0.5, 0.6) is 0 Å². The van der Waals surface area contributed by atoms with Crippen LogP contribution in [-0.4, -0.2) is 17.4 Å². The zero-order valence-electron chi connectivity index (χ0n) is 8.63. The molecular weight excluding hydrogens is 178 g/mol. The number of nitrogens with zero attached hydrogens (tertiary/aromatic N) is 1. The Labute approximate surface area is 87.4 Å². The minimum Gasteiger partial charge on any atom is -0.253 e. The van der Waals surface area contributed by atoms with Crippen molar-refractivity contribution < 1.29 is 0 Å². The van der Waals surface area contributed by atoms with Gasteiger partial charge in [0.2, 0.25) is 0 Å². The predicted octanol–water partition coefficient (Wildman–Crippen LogP) is 3.12. The van der Waals surface area contributed by atoms with Crippen molar-refractivity contribution in [3.05, 3.63) is 0 Å². The molecule has 1 aliphatic heterocycles. The SMILES string of the molecule is CC1CCC2(CC1)CCN(S)CC2. The minimum atomic E-state index is 0.728. The quantitative estimate of drug-likeness (QED) is 0.587. The molecule has 0 radical (unpaired) electrons. The van der Waals surface area contributed by atoms with Gasteiger partial charge in [-0.1, -0.05) is 32.6 Å². The fourth-order valence-electron chi connectivity index (χ4n) is 2.84. The lowest BCUT2D eigenvalue weighted by atomic mass is 9.66. The lowest BCUT2D eigenvalue weighted by Gasteiger charge is -2.44. The third-order valence-electron chi connectivity index (χ3n) is 4.14. The van der Waals surface area contributed by atoms with Crippen LogP contribution in [0.25, 0.3) is 0 Å². The highest BCUT2D eigenvalue weighted by molar-refractivity contribution is 7.77. The van der Waals surface area contributed by atoms with Gasteiger partial charge in [0.1, 0.15) is 0 Å². The summed E-state index contributed by atoms with van der Waals surface area (Å²) < 4.78 is 2.18. The van der Waals surface area contributed by atoms with Crippen LogP contribution in [0.3, 0.4) is 0 Å². The van der Waals surface area contributed by atoms with E-state index in [1.165, 1.54) is 51.6 Å². The maximum Gasteiger partial charge on any atom is 0.00922 e. The van der Waals surface area contributed by atoms with Gasteiger partial charge in [-0.05, 0) is 37.0 Å². The summed E-state index contributed by atoms with van der Waals surface area (Å²) in [6.45, 7) is 4.82. The normalized spacial score (nSPS) is 30.9. The maximum absolute atomic E-state index is 4.42. The molecule has 0 bridgehead atoms. The van der Waals surface area contributed by atoms with Crippen molar-refractivity contribution in [2.24, 2.45) is 11.3 Å². The Kier molecular flexibility index (Phi) is 2.89. The third kappa shape index (κ3) is 2.21. The molecule has 0 amide bonds. The van der Waals surface area contributed by atoms with E-state index in [-0.39, 0.29) is 0 Å². The Hall–Kier alpha value is 0.310. The van der Waals surface area contributed by atoms with E-state index in [9.17, 15) is 0 Å². The number of rotatable bonds is 0. The molecule has 1 spiro atoms. The van der Waals surface area contributed by atoms with Crippen LogP contribution in [-0.2, 0) is 0 Å². The summed E-state index contributed by atoms with van der Waals surface area (Å²) in [4.78, 5) is 0. The Balaban J connectivity index is 1.90. The van der Waals surface area contributed by atoms with Crippen LogP contribution in [0.2, 0.25) is 0 Å². The van der Waals surface area contributed by atoms with Gasteiger partial charge in [0, 0.05) is 13.1 Å². The molecule has 2 aliphatic rings. The molecule has 2 heteroatoms. The monoisotopic (exact) mass is 199 g/mol. The molecule has 0 atom stereocenters. The number of hydrogen-bond acceptors (Lipinski definition) is 2. The smallest absolute Gasteiger partial charge is 0.00922 e. The van der Waals surface area contributed by atoms with Crippen molar-refractivity contribution in [3.8, 4) is 0 Å². The van der Waals surface area contributed by atoms with Crippen molar-refractivity contribution in [1.82, 2.24) is 4.31 Å². The van der Waals surface area contributed by atoms with Crippen LogP contribution in [0, 0.1) is 11.3 Å². The van der Waals surface area contributed by atoms with Crippen molar-refractivity contribution in [2.75, 3.05) is 13.1 Å². The molecule has 1 heterocycles. The molecule has 1 nitrogen and oxygen atoms in total. The van der Waals surface area contributed by atoms with E-state index in [1.54, 1.807) is 0 Å². The van der Waals surface area contributed by atoms with Gasteiger partial charge in [-0.25, -0.2) is 0 Å². The standard InChI is InChI=1S/C11H21NS/c1-10-2-4-11(5-3-10)6-8-12(13)9-7-11/h10,13H,2-9H2,1H3. The van der Waals surface area contributed by atoms with Gasteiger partial charge < -0.3 is 0 Å². The van der Waals surface area contributed by atoms with Gasteiger partial charge in [-0.3, -0.25) is 4.31 Å². The van der Waals surface area contributed by atoms with Gasteiger partial charge in [0.15, 0.2) is 0 Å². The fourth-order valence-corrected chi connectivity index (χ4v) is 3.04. The van der Waals surface area contributed by atoms with Crippen LogP contribution in [0.4, 0.5) is 0 Å². The van der Waals surface area contributed by atoms with Crippen LogP contribution < -0.4 is 0 Å². The first kappa shape index (κ1) is 9.85. The molecule has 0 aromatic rings. The first-order chi connectivity index (χ1) is 6.20. The lowest BCUT2D eigenvalue weighted by Crippen LogP contribution is -2.38. The van der Waals surface area contributed by atoms with Crippen molar-refractivity contribution >= 4 is 12.8 Å². The molecule has 13 heavy (non-hydrogen) atoms. The van der Waals surface area contributed by atoms with E-state index in [2.05, 4.69) is 24.0 Å². The maximum atomic E-state index is 4.42. The lowest BCUT2D eigenvalue weighted by molar-refractivity contribution is 0.0881. The largest absolute Gasteiger partial charge is 0.253 e. The summed E-state index contributed by atoms with van der Waals surface area (Å²) in [5.41, 5.74) is 0.728. The van der Waals surface area contributed by atoms with Crippen molar-refractivity contribution in [2.45, 2.75) is 45.4 Å². The molecule has 1 saturated heterocycles. The van der Waals surface area contributed by atoms with Gasteiger partial charge in [-0.15, -0.1) is 0 Å². The predicted molar refractivity (Wildman–Crippen MR) is 59.9 cm³/mol. The van der Waals surface area contributed by atoms with Crippen LogP contribution in [0.15, 0.2) is 0 Å². The molecule has 0 unspecified atom stereocenters.